The van der Waals surface area contributed by atoms with Crippen LogP contribution in [-0.4, -0.2) is 28.9 Å². The predicted octanol–water partition coefficient (Wildman–Crippen LogP) is 3.82. The van der Waals surface area contributed by atoms with Gasteiger partial charge in [-0.15, -0.1) is 0 Å². The maximum atomic E-state index is 12.0. The molecule has 0 spiro atoms. The van der Waals surface area contributed by atoms with E-state index in [1.807, 2.05) is 31.2 Å². The second-order valence-corrected chi connectivity index (χ2v) is 7.26. The van der Waals surface area contributed by atoms with Crippen LogP contribution in [0, 0.1) is 0 Å². The summed E-state index contributed by atoms with van der Waals surface area (Å²) in [7, 11) is 0. The molecule has 1 saturated carbocycles. The Morgan fingerprint density at radius 2 is 1.91 bits per heavy atom. The average molecular weight is 320 g/mol. The molecule has 0 amide bonds. The third-order valence-corrected chi connectivity index (χ3v) is 4.73. The van der Waals surface area contributed by atoms with Gasteiger partial charge in [-0.25, -0.2) is 4.79 Å². The van der Waals surface area contributed by atoms with Crippen molar-refractivity contribution in [2.24, 2.45) is 0 Å². The molecule has 2 rings (SSSR count). The lowest BCUT2D eigenvalue weighted by Gasteiger charge is -2.26. The molecule has 1 aliphatic carbocycles. The minimum absolute atomic E-state index is 0.111. The van der Waals surface area contributed by atoms with E-state index in [9.17, 15) is 9.90 Å². The van der Waals surface area contributed by atoms with Gasteiger partial charge in [0.2, 0.25) is 0 Å². The summed E-state index contributed by atoms with van der Waals surface area (Å²) in [5.74, 6) is 0.790. The van der Waals surface area contributed by atoms with E-state index in [1.165, 1.54) is 5.56 Å². The minimum atomic E-state index is -0.748. The second-order valence-electron chi connectivity index (χ2n) is 7.26. The number of esters is 1. The molecule has 0 radical (unpaired) electrons. The summed E-state index contributed by atoms with van der Waals surface area (Å²) in [5.41, 5.74) is -0.0744. The Kier molecular flexibility index (Phi) is 5.35. The summed E-state index contributed by atoms with van der Waals surface area (Å²) in [6, 6.07) is 7.84. The quantitative estimate of drug-likeness (QED) is 0.810. The van der Waals surface area contributed by atoms with Gasteiger partial charge in [-0.3, -0.25) is 0 Å². The molecule has 4 heteroatoms. The lowest BCUT2D eigenvalue weighted by atomic mass is 9.99. The summed E-state index contributed by atoms with van der Waals surface area (Å²) >= 11 is 0. The van der Waals surface area contributed by atoms with E-state index in [1.54, 1.807) is 6.92 Å². The molecular weight excluding hydrogens is 292 g/mol. The topological polar surface area (TPSA) is 55.8 Å². The Bertz CT molecular complexity index is 535. The van der Waals surface area contributed by atoms with Crippen LogP contribution in [0.25, 0.3) is 0 Å². The summed E-state index contributed by atoms with van der Waals surface area (Å²) in [5, 5.41) is 10.0. The van der Waals surface area contributed by atoms with Gasteiger partial charge in [0.15, 0.2) is 6.61 Å². The number of ether oxygens (including phenoxy) is 2. The Morgan fingerprint density at radius 1 is 1.26 bits per heavy atom. The Balaban J connectivity index is 1.83. The van der Waals surface area contributed by atoms with Crippen LogP contribution < -0.4 is 4.74 Å². The Morgan fingerprint density at radius 3 is 2.43 bits per heavy atom. The smallest absolute Gasteiger partial charge is 0.344 e. The Hall–Kier alpha value is -1.55. The number of rotatable bonds is 6. The highest BCUT2D eigenvalue weighted by atomic mass is 16.6. The van der Waals surface area contributed by atoms with Crippen LogP contribution in [0.4, 0.5) is 0 Å². The van der Waals surface area contributed by atoms with Crippen molar-refractivity contribution in [3.8, 4) is 5.75 Å². The fraction of sp³-hybridized carbons (Fsp3) is 0.632. The molecule has 0 heterocycles. The summed E-state index contributed by atoms with van der Waals surface area (Å²) in [6.07, 6.45) is 2.88. The fourth-order valence-electron chi connectivity index (χ4n) is 3.18. The van der Waals surface area contributed by atoms with Gasteiger partial charge in [0.1, 0.15) is 11.4 Å². The standard InChI is InChI=1S/C19H28O4/c1-5-14(2)15-6-8-16(9-7-15)22-12-17(20)23-19(4)11-10-18(3,21)13-19/h6-9,14,21H,5,10-13H2,1-4H3. The third kappa shape index (κ3) is 4.96. The highest BCUT2D eigenvalue weighted by molar-refractivity contribution is 5.71. The lowest BCUT2D eigenvalue weighted by Crippen LogP contribution is -2.33. The zero-order valence-corrected chi connectivity index (χ0v) is 14.6. The van der Waals surface area contributed by atoms with Crippen LogP contribution in [0.2, 0.25) is 0 Å². The van der Waals surface area contributed by atoms with E-state index >= 15 is 0 Å². The molecule has 128 valence electrons. The van der Waals surface area contributed by atoms with Crippen LogP contribution in [0.15, 0.2) is 24.3 Å². The molecule has 0 aromatic heterocycles. The molecular formula is C19H28O4. The predicted molar refractivity (Wildman–Crippen MR) is 89.6 cm³/mol. The van der Waals surface area contributed by atoms with E-state index < -0.39 is 17.2 Å². The highest BCUT2D eigenvalue weighted by Gasteiger charge is 2.44. The molecule has 3 atom stereocenters. The largest absolute Gasteiger partial charge is 0.482 e. The normalized spacial score (nSPS) is 28.4. The van der Waals surface area contributed by atoms with Gasteiger partial charge in [0, 0.05) is 6.42 Å². The van der Waals surface area contributed by atoms with E-state index in [2.05, 4.69) is 13.8 Å². The average Bonchev–Trinajstić information content (AvgIpc) is 2.78. The highest BCUT2D eigenvalue weighted by Crippen LogP contribution is 2.39. The van der Waals surface area contributed by atoms with Crippen LogP contribution >= 0.6 is 0 Å². The van der Waals surface area contributed by atoms with E-state index in [-0.39, 0.29) is 6.61 Å². The molecule has 0 aliphatic heterocycles. The van der Waals surface area contributed by atoms with Crippen molar-refractivity contribution in [1.29, 1.82) is 0 Å². The van der Waals surface area contributed by atoms with Crippen molar-refractivity contribution in [3.05, 3.63) is 29.8 Å². The van der Waals surface area contributed by atoms with Crippen molar-refractivity contribution in [2.75, 3.05) is 6.61 Å². The van der Waals surface area contributed by atoms with Gasteiger partial charge < -0.3 is 14.6 Å². The van der Waals surface area contributed by atoms with Gasteiger partial charge in [-0.05, 0) is 56.7 Å². The van der Waals surface area contributed by atoms with E-state index in [4.69, 9.17) is 9.47 Å². The van der Waals surface area contributed by atoms with Crippen LogP contribution in [-0.2, 0) is 9.53 Å². The van der Waals surface area contributed by atoms with Gasteiger partial charge in [-0.1, -0.05) is 26.0 Å². The second kappa shape index (κ2) is 6.91. The van der Waals surface area contributed by atoms with Crippen molar-refractivity contribution in [1.82, 2.24) is 0 Å². The van der Waals surface area contributed by atoms with Gasteiger partial charge in [-0.2, -0.15) is 0 Å². The Labute approximate surface area is 138 Å². The van der Waals surface area contributed by atoms with Crippen LogP contribution in [0.5, 0.6) is 5.75 Å². The lowest BCUT2D eigenvalue weighted by molar-refractivity contribution is -0.161. The first-order valence-electron chi connectivity index (χ1n) is 8.40. The maximum absolute atomic E-state index is 12.0. The molecule has 1 aliphatic rings. The van der Waals surface area contributed by atoms with Crippen molar-refractivity contribution in [2.45, 2.75) is 70.5 Å². The monoisotopic (exact) mass is 320 g/mol. The molecule has 23 heavy (non-hydrogen) atoms. The third-order valence-electron chi connectivity index (χ3n) is 4.73. The van der Waals surface area contributed by atoms with Crippen LogP contribution in [0.3, 0.4) is 0 Å². The molecule has 0 bridgehead atoms. The first-order valence-corrected chi connectivity index (χ1v) is 8.40. The summed E-state index contributed by atoms with van der Waals surface area (Å²) < 4.78 is 11.0. The zero-order chi connectivity index (χ0) is 17.1. The van der Waals surface area contributed by atoms with Crippen molar-refractivity contribution >= 4 is 5.97 Å². The number of hydrogen-bond donors (Lipinski definition) is 1. The number of carbonyl (C=O) groups is 1. The molecule has 3 unspecified atom stereocenters. The first-order chi connectivity index (χ1) is 10.7. The fourth-order valence-corrected chi connectivity index (χ4v) is 3.18. The molecule has 1 fully saturated rings. The van der Waals surface area contributed by atoms with E-state index in [0.29, 0.717) is 30.9 Å². The molecule has 0 saturated heterocycles. The number of aliphatic hydroxyl groups is 1. The first kappa shape index (κ1) is 17.8. The minimum Gasteiger partial charge on any atom is -0.482 e. The van der Waals surface area contributed by atoms with Crippen LogP contribution in [0.1, 0.15) is 64.9 Å². The summed E-state index contributed by atoms with van der Waals surface area (Å²) in [4.78, 5) is 12.0. The number of benzene rings is 1. The summed E-state index contributed by atoms with van der Waals surface area (Å²) in [6.45, 7) is 7.88. The molecule has 4 nitrogen and oxygen atoms in total. The molecule has 1 N–H and O–H groups in total. The molecule has 1 aromatic carbocycles. The van der Waals surface area contributed by atoms with Gasteiger partial charge in [0.25, 0.3) is 0 Å². The van der Waals surface area contributed by atoms with Gasteiger partial charge >= 0.3 is 5.97 Å². The van der Waals surface area contributed by atoms with Gasteiger partial charge in [0.05, 0.1) is 5.60 Å². The van der Waals surface area contributed by atoms with Crippen molar-refractivity contribution < 1.29 is 19.4 Å². The number of hydrogen-bond acceptors (Lipinski definition) is 4. The SMILES string of the molecule is CCC(C)c1ccc(OCC(=O)OC2(C)CCC(C)(O)C2)cc1. The van der Waals surface area contributed by atoms with Crippen molar-refractivity contribution in [3.63, 3.8) is 0 Å². The zero-order valence-electron chi connectivity index (χ0n) is 14.6. The molecule has 1 aromatic rings. The van der Waals surface area contributed by atoms with E-state index in [0.717, 1.165) is 6.42 Å². The maximum Gasteiger partial charge on any atom is 0.344 e. The number of carbonyl (C=O) groups excluding carboxylic acids is 1.